The van der Waals surface area contributed by atoms with Crippen molar-refractivity contribution in [2.24, 2.45) is 0 Å². The predicted octanol–water partition coefficient (Wildman–Crippen LogP) is 2.93. The van der Waals surface area contributed by atoms with Gasteiger partial charge in [-0.1, -0.05) is 6.08 Å². The monoisotopic (exact) mass is 226 g/mol. The third-order valence-electron chi connectivity index (χ3n) is 2.06. The molecule has 4 heteroatoms. The molecule has 2 nitrogen and oxygen atoms in total. The maximum absolute atomic E-state index is 13.4. The van der Waals surface area contributed by atoms with Crippen molar-refractivity contribution in [3.05, 3.63) is 41.5 Å². The topological polar surface area (TPSA) is 26.3 Å². The third kappa shape index (κ3) is 3.15. The van der Waals surface area contributed by atoms with E-state index in [4.69, 9.17) is 4.74 Å². The minimum atomic E-state index is -0.666. The van der Waals surface area contributed by atoms with Crippen molar-refractivity contribution >= 4 is 11.5 Å². The molecule has 0 aliphatic rings. The van der Waals surface area contributed by atoms with Gasteiger partial charge in [0.1, 0.15) is 18.2 Å². The number of carbonyl (C=O) groups excluding carboxylic acids is 1. The summed E-state index contributed by atoms with van der Waals surface area (Å²) >= 11 is 0. The molecule has 0 amide bonds. The van der Waals surface area contributed by atoms with E-state index in [1.165, 1.54) is 13.0 Å². The fourth-order valence-corrected chi connectivity index (χ4v) is 1.25. The Morgan fingerprint density at radius 1 is 1.44 bits per heavy atom. The zero-order chi connectivity index (χ0) is 12.1. The van der Waals surface area contributed by atoms with Crippen LogP contribution in [-0.2, 0) is 9.53 Å². The van der Waals surface area contributed by atoms with Crippen molar-refractivity contribution in [1.82, 2.24) is 0 Å². The van der Waals surface area contributed by atoms with Gasteiger partial charge in [0, 0.05) is 18.6 Å². The average Bonchev–Trinajstić information content (AvgIpc) is 2.21. The first-order valence-corrected chi connectivity index (χ1v) is 4.78. The summed E-state index contributed by atoms with van der Waals surface area (Å²) in [5.74, 6) is -1.74. The molecular formula is C12H12F2O2. The molecule has 0 unspecified atom stereocenters. The summed E-state index contributed by atoms with van der Waals surface area (Å²) in [5, 5.41) is 0. The molecule has 0 saturated heterocycles. The number of benzene rings is 1. The van der Waals surface area contributed by atoms with Gasteiger partial charge in [-0.15, -0.1) is 0 Å². The number of hydrogen-bond donors (Lipinski definition) is 0. The van der Waals surface area contributed by atoms with Gasteiger partial charge in [-0.05, 0) is 24.6 Å². The van der Waals surface area contributed by atoms with Gasteiger partial charge in [-0.3, -0.25) is 4.79 Å². The van der Waals surface area contributed by atoms with Crippen molar-refractivity contribution in [3.63, 3.8) is 0 Å². The van der Waals surface area contributed by atoms with Crippen LogP contribution in [0, 0.1) is 11.6 Å². The SMILES string of the molecule is C/C=C(/COC(C)=O)c1ccc(F)cc1F. The van der Waals surface area contributed by atoms with Crippen molar-refractivity contribution in [1.29, 1.82) is 0 Å². The van der Waals surface area contributed by atoms with Crippen molar-refractivity contribution in [2.45, 2.75) is 13.8 Å². The molecule has 86 valence electrons. The van der Waals surface area contributed by atoms with Gasteiger partial charge >= 0.3 is 5.97 Å². The van der Waals surface area contributed by atoms with Gasteiger partial charge in [0.2, 0.25) is 0 Å². The first kappa shape index (κ1) is 12.4. The minimum Gasteiger partial charge on any atom is -0.461 e. The third-order valence-corrected chi connectivity index (χ3v) is 2.06. The maximum Gasteiger partial charge on any atom is 0.302 e. The van der Waals surface area contributed by atoms with Crippen LogP contribution in [0.2, 0.25) is 0 Å². The average molecular weight is 226 g/mol. The highest BCUT2D eigenvalue weighted by atomic mass is 19.1. The van der Waals surface area contributed by atoms with Crippen LogP contribution in [0.1, 0.15) is 19.4 Å². The number of allylic oxidation sites excluding steroid dienone is 1. The van der Waals surface area contributed by atoms with Gasteiger partial charge in [0.05, 0.1) is 0 Å². The lowest BCUT2D eigenvalue weighted by molar-refractivity contribution is -0.139. The van der Waals surface area contributed by atoms with Gasteiger partial charge in [-0.2, -0.15) is 0 Å². The van der Waals surface area contributed by atoms with Gasteiger partial charge < -0.3 is 4.74 Å². The molecule has 1 aromatic rings. The minimum absolute atomic E-state index is 0.0195. The predicted molar refractivity (Wildman–Crippen MR) is 56.6 cm³/mol. The quantitative estimate of drug-likeness (QED) is 0.741. The summed E-state index contributed by atoms with van der Waals surface area (Å²) in [6.07, 6.45) is 1.62. The molecule has 1 aromatic carbocycles. The zero-order valence-electron chi connectivity index (χ0n) is 9.09. The van der Waals surface area contributed by atoms with E-state index in [1.807, 2.05) is 0 Å². The molecule has 0 atom stereocenters. The van der Waals surface area contributed by atoms with Crippen LogP contribution < -0.4 is 0 Å². The molecule has 0 saturated carbocycles. The Labute approximate surface area is 92.5 Å². The molecule has 0 aliphatic carbocycles. The van der Waals surface area contributed by atoms with E-state index in [0.29, 0.717) is 5.57 Å². The fraction of sp³-hybridized carbons (Fsp3) is 0.250. The number of hydrogen-bond acceptors (Lipinski definition) is 2. The van der Waals surface area contributed by atoms with E-state index in [-0.39, 0.29) is 12.2 Å². The molecule has 0 aromatic heterocycles. The number of carbonyl (C=O) groups is 1. The molecule has 0 heterocycles. The highest BCUT2D eigenvalue weighted by Gasteiger charge is 2.09. The van der Waals surface area contributed by atoms with Crippen molar-refractivity contribution in [2.75, 3.05) is 6.61 Å². The molecule has 1 rings (SSSR count). The fourth-order valence-electron chi connectivity index (χ4n) is 1.25. The molecular weight excluding hydrogens is 214 g/mol. The van der Waals surface area contributed by atoms with Crippen LogP contribution in [-0.4, -0.2) is 12.6 Å². The molecule has 0 fully saturated rings. The summed E-state index contributed by atoms with van der Waals surface area (Å²) in [4.78, 5) is 10.6. The number of rotatable bonds is 3. The summed E-state index contributed by atoms with van der Waals surface area (Å²) in [6, 6.07) is 3.28. The maximum atomic E-state index is 13.4. The van der Waals surface area contributed by atoms with Gasteiger partial charge in [0.25, 0.3) is 0 Å². The molecule has 0 spiro atoms. The van der Waals surface area contributed by atoms with Crippen LogP contribution in [0.15, 0.2) is 24.3 Å². The van der Waals surface area contributed by atoms with Crippen molar-refractivity contribution < 1.29 is 18.3 Å². The van der Waals surface area contributed by atoms with E-state index < -0.39 is 17.6 Å². The zero-order valence-corrected chi connectivity index (χ0v) is 9.09. The second kappa shape index (κ2) is 5.39. The van der Waals surface area contributed by atoms with Crippen molar-refractivity contribution in [3.8, 4) is 0 Å². The Morgan fingerprint density at radius 2 is 2.12 bits per heavy atom. The van der Waals surface area contributed by atoms with E-state index in [2.05, 4.69) is 0 Å². The van der Waals surface area contributed by atoms with Crippen LogP contribution in [0.4, 0.5) is 8.78 Å². The Kier molecular flexibility index (Phi) is 4.17. The lowest BCUT2D eigenvalue weighted by Gasteiger charge is -2.08. The normalized spacial score (nSPS) is 11.4. The molecule has 0 bridgehead atoms. The van der Waals surface area contributed by atoms with E-state index in [9.17, 15) is 13.6 Å². The number of esters is 1. The Morgan fingerprint density at radius 3 is 2.62 bits per heavy atom. The van der Waals surface area contributed by atoms with Crippen LogP contribution in [0.5, 0.6) is 0 Å². The van der Waals surface area contributed by atoms with Crippen LogP contribution >= 0.6 is 0 Å². The largest absolute Gasteiger partial charge is 0.461 e. The Bertz CT molecular complexity index is 425. The first-order valence-electron chi connectivity index (χ1n) is 4.78. The second-order valence-corrected chi connectivity index (χ2v) is 3.22. The number of halogens is 2. The lowest BCUT2D eigenvalue weighted by Crippen LogP contribution is -2.04. The highest BCUT2D eigenvalue weighted by molar-refractivity contribution is 5.71. The lowest BCUT2D eigenvalue weighted by atomic mass is 10.1. The van der Waals surface area contributed by atoms with Gasteiger partial charge in [-0.25, -0.2) is 8.78 Å². The summed E-state index contributed by atoms with van der Waals surface area (Å²) in [5.41, 5.74) is 0.748. The summed E-state index contributed by atoms with van der Waals surface area (Å²) in [7, 11) is 0. The molecule has 0 N–H and O–H groups in total. The summed E-state index contributed by atoms with van der Waals surface area (Å²) < 4.78 is 30.8. The summed E-state index contributed by atoms with van der Waals surface area (Å²) in [6.45, 7) is 2.95. The second-order valence-electron chi connectivity index (χ2n) is 3.22. The molecule has 16 heavy (non-hydrogen) atoms. The highest BCUT2D eigenvalue weighted by Crippen LogP contribution is 2.19. The Hall–Kier alpha value is -1.71. The van der Waals surface area contributed by atoms with Gasteiger partial charge in [0.15, 0.2) is 0 Å². The molecule has 0 aliphatic heterocycles. The van der Waals surface area contributed by atoms with Crippen LogP contribution in [0.3, 0.4) is 0 Å². The smallest absolute Gasteiger partial charge is 0.302 e. The van der Waals surface area contributed by atoms with E-state index >= 15 is 0 Å². The first-order chi connectivity index (χ1) is 7.54. The van der Waals surface area contributed by atoms with Crippen LogP contribution in [0.25, 0.3) is 5.57 Å². The Balaban J connectivity index is 2.92. The standard InChI is InChI=1S/C12H12F2O2/c1-3-9(7-16-8(2)15)11-5-4-10(13)6-12(11)14/h3-6H,7H2,1-2H3/b9-3-. The van der Waals surface area contributed by atoms with E-state index in [0.717, 1.165) is 12.1 Å². The number of ether oxygens (including phenoxy) is 1. The van der Waals surface area contributed by atoms with E-state index in [1.54, 1.807) is 13.0 Å². The molecule has 0 radical (unpaired) electrons.